The molecule has 0 unspecified atom stereocenters. The molecule has 1 aliphatic heterocycles. The lowest BCUT2D eigenvalue weighted by molar-refractivity contribution is 0.114. The number of sulfonamides is 1. The Bertz CT molecular complexity index is 570. The maximum atomic E-state index is 12.4. The molecule has 0 saturated carbocycles. The Kier molecular flexibility index (Phi) is 5.61. The quantitative estimate of drug-likeness (QED) is 0.756. The smallest absolute Gasteiger partial charge is 0.240 e. The first-order valence-corrected chi connectivity index (χ1v) is 8.92. The Morgan fingerprint density at radius 2 is 2.19 bits per heavy atom. The molecule has 0 atom stereocenters. The summed E-state index contributed by atoms with van der Waals surface area (Å²) in [6.07, 6.45) is 1.75. The number of hydrogen-bond donors (Lipinski definition) is 2. The van der Waals surface area contributed by atoms with E-state index in [1.54, 1.807) is 12.1 Å². The maximum Gasteiger partial charge on any atom is 0.240 e. The van der Waals surface area contributed by atoms with Crippen molar-refractivity contribution in [3.63, 3.8) is 0 Å². The molecule has 2 rings (SSSR count). The standard InChI is InChI=1S/C15H24N2O3S/c1-12(2)11-20-10-9-17-21(18,19)15-7-3-6-14-13(15)5-4-8-16-14/h3,6-7,12,16-17H,4-5,8-11H2,1-2H3. The first kappa shape index (κ1) is 16.3. The molecule has 0 aliphatic carbocycles. The van der Waals surface area contributed by atoms with Gasteiger partial charge in [0.2, 0.25) is 10.0 Å². The highest BCUT2D eigenvalue weighted by molar-refractivity contribution is 7.89. The number of rotatable bonds is 7. The second-order valence-corrected chi connectivity index (χ2v) is 7.41. The molecule has 5 nitrogen and oxygen atoms in total. The summed E-state index contributed by atoms with van der Waals surface area (Å²) in [5, 5.41) is 3.25. The van der Waals surface area contributed by atoms with Crippen LogP contribution in [0.4, 0.5) is 5.69 Å². The van der Waals surface area contributed by atoms with Gasteiger partial charge in [-0.15, -0.1) is 0 Å². The minimum absolute atomic E-state index is 0.298. The molecule has 0 saturated heterocycles. The SMILES string of the molecule is CC(C)COCCNS(=O)(=O)c1cccc2c1CCCN2. The van der Waals surface area contributed by atoms with Crippen LogP contribution < -0.4 is 10.0 Å². The van der Waals surface area contributed by atoms with E-state index in [4.69, 9.17) is 4.74 Å². The Hall–Kier alpha value is -1.11. The van der Waals surface area contributed by atoms with Gasteiger partial charge < -0.3 is 10.1 Å². The summed E-state index contributed by atoms with van der Waals surface area (Å²) in [6, 6.07) is 5.38. The van der Waals surface area contributed by atoms with E-state index in [-0.39, 0.29) is 0 Å². The van der Waals surface area contributed by atoms with Crippen molar-refractivity contribution < 1.29 is 13.2 Å². The van der Waals surface area contributed by atoms with E-state index in [0.717, 1.165) is 30.6 Å². The number of nitrogens with one attached hydrogen (secondary N) is 2. The summed E-state index contributed by atoms with van der Waals surface area (Å²) in [6.45, 7) is 6.36. The third-order valence-electron chi connectivity index (χ3n) is 3.33. The molecule has 1 aromatic rings. The molecule has 1 aromatic carbocycles. The van der Waals surface area contributed by atoms with Gasteiger partial charge in [-0.3, -0.25) is 0 Å². The van der Waals surface area contributed by atoms with Crippen molar-refractivity contribution in [1.82, 2.24) is 4.72 Å². The second kappa shape index (κ2) is 7.24. The highest BCUT2D eigenvalue weighted by Gasteiger charge is 2.21. The highest BCUT2D eigenvalue weighted by atomic mass is 32.2. The van der Waals surface area contributed by atoms with Gasteiger partial charge >= 0.3 is 0 Å². The minimum atomic E-state index is -3.47. The lowest BCUT2D eigenvalue weighted by atomic mass is 10.0. The van der Waals surface area contributed by atoms with Gasteiger partial charge in [-0.2, -0.15) is 0 Å². The van der Waals surface area contributed by atoms with Crippen LogP contribution in [0.2, 0.25) is 0 Å². The lowest BCUT2D eigenvalue weighted by Gasteiger charge is -2.21. The molecule has 21 heavy (non-hydrogen) atoms. The molecule has 118 valence electrons. The molecule has 0 fully saturated rings. The Morgan fingerprint density at radius 3 is 2.95 bits per heavy atom. The fraction of sp³-hybridized carbons (Fsp3) is 0.600. The average molecular weight is 312 g/mol. The molecule has 0 bridgehead atoms. The molecule has 1 aliphatic rings. The van der Waals surface area contributed by atoms with Crippen LogP contribution in [0, 0.1) is 5.92 Å². The first-order chi connectivity index (χ1) is 10.0. The van der Waals surface area contributed by atoms with Crippen LogP contribution in [0.1, 0.15) is 25.8 Å². The van der Waals surface area contributed by atoms with Gasteiger partial charge in [0, 0.05) is 25.4 Å². The van der Waals surface area contributed by atoms with E-state index in [9.17, 15) is 8.42 Å². The highest BCUT2D eigenvalue weighted by Crippen LogP contribution is 2.28. The van der Waals surface area contributed by atoms with Gasteiger partial charge in [-0.25, -0.2) is 13.1 Å². The third-order valence-corrected chi connectivity index (χ3v) is 4.88. The Morgan fingerprint density at radius 1 is 1.38 bits per heavy atom. The van der Waals surface area contributed by atoms with Gasteiger partial charge in [0.1, 0.15) is 0 Å². The molecule has 0 amide bonds. The maximum absolute atomic E-state index is 12.4. The summed E-state index contributed by atoms with van der Waals surface area (Å²) in [7, 11) is -3.47. The molecule has 6 heteroatoms. The third kappa shape index (κ3) is 4.43. The van der Waals surface area contributed by atoms with E-state index in [1.165, 1.54) is 0 Å². The molecule has 0 aromatic heterocycles. The topological polar surface area (TPSA) is 67.4 Å². The molecule has 0 radical (unpaired) electrons. The first-order valence-electron chi connectivity index (χ1n) is 7.44. The van der Waals surface area contributed by atoms with Crippen LogP contribution in [0.3, 0.4) is 0 Å². The van der Waals surface area contributed by atoms with Crippen molar-refractivity contribution in [3.8, 4) is 0 Å². The number of fused-ring (bicyclic) bond motifs is 1. The Labute approximate surface area is 127 Å². The van der Waals surface area contributed by atoms with Gasteiger partial charge in [-0.05, 0) is 36.5 Å². The van der Waals surface area contributed by atoms with Gasteiger partial charge in [0.25, 0.3) is 0 Å². The van der Waals surface area contributed by atoms with E-state index in [0.29, 0.717) is 30.6 Å². The molecule has 1 heterocycles. The summed E-state index contributed by atoms with van der Waals surface area (Å²) in [4.78, 5) is 0.385. The molecule has 0 spiro atoms. The van der Waals surface area contributed by atoms with E-state index >= 15 is 0 Å². The van der Waals surface area contributed by atoms with Crippen LogP contribution in [0.25, 0.3) is 0 Å². The fourth-order valence-electron chi connectivity index (χ4n) is 2.37. The predicted molar refractivity (Wildman–Crippen MR) is 84.1 cm³/mol. The molecular weight excluding hydrogens is 288 g/mol. The van der Waals surface area contributed by atoms with Crippen molar-refractivity contribution in [2.75, 3.05) is 31.6 Å². The number of ether oxygens (including phenoxy) is 1. The van der Waals surface area contributed by atoms with Gasteiger partial charge in [0.05, 0.1) is 11.5 Å². The van der Waals surface area contributed by atoms with Crippen LogP contribution in [0.5, 0.6) is 0 Å². The second-order valence-electron chi connectivity index (χ2n) is 5.68. The summed E-state index contributed by atoms with van der Waals surface area (Å²) in [5.74, 6) is 0.453. The predicted octanol–water partition coefficient (Wildman–Crippen LogP) is 2.00. The van der Waals surface area contributed by atoms with Crippen molar-refractivity contribution in [3.05, 3.63) is 23.8 Å². The van der Waals surface area contributed by atoms with Crippen molar-refractivity contribution >= 4 is 15.7 Å². The van der Waals surface area contributed by atoms with E-state index in [2.05, 4.69) is 23.9 Å². The van der Waals surface area contributed by atoms with Crippen LogP contribution in [-0.2, 0) is 21.2 Å². The summed E-state index contributed by atoms with van der Waals surface area (Å²) >= 11 is 0. The van der Waals surface area contributed by atoms with Crippen molar-refractivity contribution in [2.45, 2.75) is 31.6 Å². The monoisotopic (exact) mass is 312 g/mol. The van der Waals surface area contributed by atoms with Gasteiger partial charge in [0.15, 0.2) is 0 Å². The summed E-state index contributed by atoms with van der Waals surface area (Å²) < 4.78 is 32.8. The zero-order valence-electron chi connectivity index (χ0n) is 12.7. The molecule has 2 N–H and O–H groups in total. The lowest BCUT2D eigenvalue weighted by Crippen LogP contribution is -2.29. The van der Waals surface area contributed by atoms with Gasteiger partial charge in [-0.1, -0.05) is 19.9 Å². The van der Waals surface area contributed by atoms with Crippen LogP contribution >= 0.6 is 0 Å². The largest absolute Gasteiger partial charge is 0.385 e. The fourth-order valence-corrected chi connectivity index (χ4v) is 3.68. The summed E-state index contributed by atoms with van der Waals surface area (Å²) in [5.41, 5.74) is 1.82. The Balaban J connectivity index is 2.00. The zero-order valence-corrected chi connectivity index (χ0v) is 13.5. The zero-order chi connectivity index (χ0) is 15.3. The minimum Gasteiger partial charge on any atom is -0.385 e. The van der Waals surface area contributed by atoms with Crippen molar-refractivity contribution in [1.29, 1.82) is 0 Å². The average Bonchev–Trinajstić information content (AvgIpc) is 2.46. The number of hydrogen-bond acceptors (Lipinski definition) is 4. The van der Waals surface area contributed by atoms with Crippen LogP contribution in [0.15, 0.2) is 23.1 Å². The van der Waals surface area contributed by atoms with Crippen molar-refractivity contribution in [2.24, 2.45) is 5.92 Å². The number of benzene rings is 1. The molecular formula is C15H24N2O3S. The van der Waals surface area contributed by atoms with E-state index < -0.39 is 10.0 Å². The van der Waals surface area contributed by atoms with Crippen LogP contribution in [-0.4, -0.2) is 34.7 Å². The normalized spacial score (nSPS) is 14.8. The van der Waals surface area contributed by atoms with E-state index in [1.807, 2.05) is 6.07 Å². The number of anilines is 1.